The highest BCUT2D eigenvalue weighted by molar-refractivity contribution is 7.92. The number of carbonyl (C=O) groups is 1. The number of hydrogen-bond donors (Lipinski definition) is 2. The number of nitrogens with zero attached hydrogens (tertiary/aromatic N) is 1. The Labute approximate surface area is 185 Å². The van der Waals surface area contributed by atoms with Crippen LogP contribution in [-0.2, 0) is 10.0 Å². The third-order valence-corrected chi connectivity index (χ3v) is 7.40. The number of sulfonamides is 1. The van der Waals surface area contributed by atoms with Crippen molar-refractivity contribution in [2.45, 2.75) is 62.7 Å². The van der Waals surface area contributed by atoms with Gasteiger partial charge in [-0.2, -0.15) is 0 Å². The van der Waals surface area contributed by atoms with Gasteiger partial charge in [-0.25, -0.2) is 13.2 Å². The molecule has 6 nitrogen and oxygen atoms in total. The normalized spacial score (nSPS) is 14.9. The van der Waals surface area contributed by atoms with E-state index in [2.05, 4.69) is 11.6 Å². The van der Waals surface area contributed by atoms with E-state index < -0.39 is 16.0 Å². The maximum atomic E-state index is 12.9. The zero-order valence-corrected chi connectivity index (χ0v) is 19.1. The van der Waals surface area contributed by atoms with E-state index in [4.69, 9.17) is 0 Å². The van der Waals surface area contributed by atoms with Crippen LogP contribution in [0.2, 0.25) is 0 Å². The number of benzene rings is 2. The number of nitrogens with one attached hydrogen (secondary N) is 1. The molecule has 0 aliphatic heterocycles. The molecule has 1 fully saturated rings. The van der Waals surface area contributed by atoms with Crippen molar-refractivity contribution in [3.05, 3.63) is 53.6 Å². The van der Waals surface area contributed by atoms with Gasteiger partial charge in [0.25, 0.3) is 10.0 Å². The van der Waals surface area contributed by atoms with Crippen molar-refractivity contribution in [2.75, 3.05) is 23.2 Å². The van der Waals surface area contributed by atoms with Crippen LogP contribution in [0.1, 0.15) is 73.7 Å². The van der Waals surface area contributed by atoms with Gasteiger partial charge in [-0.3, -0.25) is 4.72 Å². The van der Waals surface area contributed by atoms with Gasteiger partial charge in [0, 0.05) is 19.3 Å². The molecule has 2 N–H and O–H groups in total. The summed E-state index contributed by atoms with van der Waals surface area (Å²) >= 11 is 0. The van der Waals surface area contributed by atoms with Crippen molar-refractivity contribution in [3.8, 4) is 0 Å². The largest absolute Gasteiger partial charge is 0.478 e. The van der Waals surface area contributed by atoms with Crippen LogP contribution in [0.3, 0.4) is 0 Å². The Kier molecular flexibility index (Phi) is 7.59. The molecule has 1 aliphatic rings. The van der Waals surface area contributed by atoms with Crippen LogP contribution < -0.4 is 9.62 Å². The molecule has 0 unspecified atom stereocenters. The minimum atomic E-state index is -3.81. The molecule has 168 valence electrons. The number of rotatable bonds is 9. The van der Waals surface area contributed by atoms with Crippen molar-refractivity contribution in [1.82, 2.24) is 0 Å². The van der Waals surface area contributed by atoms with E-state index in [0.717, 1.165) is 32.2 Å². The molecule has 1 saturated carbocycles. The van der Waals surface area contributed by atoms with Crippen LogP contribution in [-0.4, -0.2) is 33.1 Å². The van der Waals surface area contributed by atoms with Gasteiger partial charge in [-0.05, 0) is 61.1 Å². The highest BCUT2D eigenvalue weighted by Crippen LogP contribution is 2.33. The lowest BCUT2D eigenvalue weighted by Crippen LogP contribution is -2.21. The first kappa shape index (κ1) is 23.1. The molecule has 2 aromatic rings. The van der Waals surface area contributed by atoms with E-state index in [0.29, 0.717) is 11.6 Å². The summed E-state index contributed by atoms with van der Waals surface area (Å²) in [4.78, 5) is 13.8. The van der Waals surface area contributed by atoms with E-state index >= 15 is 0 Å². The second kappa shape index (κ2) is 10.2. The molecule has 0 saturated heterocycles. The Balaban J connectivity index is 1.78. The predicted octanol–water partition coefficient (Wildman–Crippen LogP) is 5.47. The first-order valence-electron chi connectivity index (χ1n) is 11.0. The van der Waals surface area contributed by atoms with Crippen molar-refractivity contribution in [1.29, 1.82) is 0 Å². The van der Waals surface area contributed by atoms with Gasteiger partial charge >= 0.3 is 5.97 Å². The molecule has 0 amide bonds. The first-order chi connectivity index (χ1) is 14.8. The van der Waals surface area contributed by atoms with Crippen molar-refractivity contribution >= 4 is 27.4 Å². The lowest BCUT2D eigenvalue weighted by molar-refractivity contribution is 0.0697. The summed E-state index contributed by atoms with van der Waals surface area (Å²) in [6, 6.07) is 11.7. The van der Waals surface area contributed by atoms with E-state index in [1.54, 1.807) is 24.3 Å². The lowest BCUT2D eigenvalue weighted by atomic mass is 9.84. The van der Waals surface area contributed by atoms with Gasteiger partial charge in [0.05, 0.1) is 16.1 Å². The number of carboxylic acid groups (broad SMARTS) is 1. The zero-order chi connectivity index (χ0) is 22.4. The molecule has 0 heterocycles. The van der Waals surface area contributed by atoms with Crippen LogP contribution in [0, 0.1) is 0 Å². The topological polar surface area (TPSA) is 86.7 Å². The van der Waals surface area contributed by atoms with Gasteiger partial charge in [0.1, 0.15) is 0 Å². The van der Waals surface area contributed by atoms with Gasteiger partial charge in [0.15, 0.2) is 0 Å². The summed E-state index contributed by atoms with van der Waals surface area (Å²) < 4.78 is 28.3. The number of aromatic carboxylic acids is 1. The maximum absolute atomic E-state index is 12.9. The van der Waals surface area contributed by atoms with Crippen LogP contribution >= 0.6 is 0 Å². The standard InChI is InChI=1S/C24H32N2O4S/c1-3-4-16-26(2)23-15-12-20(17-22(23)24(27)28)25-31(29,30)21-13-10-19(11-14-21)18-8-6-5-7-9-18/h10-15,17-18,25H,3-9,16H2,1-2H3,(H,27,28). The van der Waals surface area contributed by atoms with Crippen LogP contribution in [0.25, 0.3) is 0 Å². The Morgan fingerprint density at radius 1 is 1.10 bits per heavy atom. The van der Waals surface area contributed by atoms with Crippen LogP contribution in [0.5, 0.6) is 0 Å². The second-order valence-electron chi connectivity index (χ2n) is 8.32. The SMILES string of the molecule is CCCCN(C)c1ccc(NS(=O)(=O)c2ccc(C3CCCCC3)cc2)cc1C(=O)O. The average Bonchev–Trinajstić information content (AvgIpc) is 2.77. The van der Waals surface area contributed by atoms with Gasteiger partial charge in [-0.15, -0.1) is 0 Å². The Hall–Kier alpha value is -2.54. The molecular weight excluding hydrogens is 412 g/mol. The van der Waals surface area contributed by atoms with Crippen molar-refractivity contribution in [2.24, 2.45) is 0 Å². The summed E-state index contributed by atoms with van der Waals surface area (Å²) in [5.41, 5.74) is 2.07. The fraction of sp³-hybridized carbons (Fsp3) is 0.458. The zero-order valence-electron chi connectivity index (χ0n) is 18.3. The molecular formula is C24H32N2O4S. The molecule has 0 radical (unpaired) electrons. The highest BCUT2D eigenvalue weighted by atomic mass is 32.2. The van der Waals surface area contributed by atoms with Crippen molar-refractivity contribution < 1.29 is 18.3 Å². The molecule has 0 bridgehead atoms. The summed E-state index contributed by atoms with van der Waals surface area (Å²) in [7, 11) is -1.96. The van der Waals surface area contributed by atoms with Crippen molar-refractivity contribution in [3.63, 3.8) is 0 Å². The number of unbranched alkanes of at least 4 members (excludes halogenated alkanes) is 1. The van der Waals surface area contributed by atoms with Gasteiger partial charge in [0.2, 0.25) is 0 Å². The monoisotopic (exact) mass is 444 g/mol. The summed E-state index contributed by atoms with van der Waals surface area (Å²) in [6.45, 7) is 2.81. The number of anilines is 2. The van der Waals surface area contributed by atoms with E-state index in [9.17, 15) is 18.3 Å². The smallest absolute Gasteiger partial charge is 0.337 e. The predicted molar refractivity (Wildman–Crippen MR) is 125 cm³/mol. The summed E-state index contributed by atoms with van der Waals surface area (Å²) in [5, 5.41) is 9.63. The Bertz CT molecular complexity index is 997. The number of hydrogen-bond acceptors (Lipinski definition) is 4. The van der Waals surface area contributed by atoms with Gasteiger partial charge < -0.3 is 10.0 Å². The second-order valence-corrected chi connectivity index (χ2v) is 10.0. The Morgan fingerprint density at radius 3 is 2.39 bits per heavy atom. The average molecular weight is 445 g/mol. The van der Waals surface area contributed by atoms with Crippen LogP contribution in [0.4, 0.5) is 11.4 Å². The molecule has 0 aromatic heterocycles. The molecule has 7 heteroatoms. The summed E-state index contributed by atoms with van der Waals surface area (Å²) in [5.74, 6) is -0.579. The third-order valence-electron chi connectivity index (χ3n) is 6.00. The van der Waals surface area contributed by atoms with E-state index in [1.807, 2.05) is 24.1 Å². The fourth-order valence-electron chi connectivity index (χ4n) is 4.19. The highest BCUT2D eigenvalue weighted by Gasteiger charge is 2.20. The molecule has 2 aromatic carbocycles. The summed E-state index contributed by atoms with van der Waals surface area (Å²) in [6.07, 6.45) is 7.98. The maximum Gasteiger partial charge on any atom is 0.337 e. The Morgan fingerprint density at radius 2 is 1.77 bits per heavy atom. The van der Waals surface area contributed by atoms with E-state index in [1.165, 1.54) is 30.9 Å². The quantitative estimate of drug-likeness (QED) is 0.536. The van der Waals surface area contributed by atoms with E-state index in [-0.39, 0.29) is 16.1 Å². The third kappa shape index (κ3) is 5.79. The number of carboxylic acids is 1. The minimum absolute atomic E-state index is 0.0754. The molecule has 1 aliphatic carbocycles. The fourth-order valence-corrected chi connectivity index (χ4v) is 5.24. The van der Waals surface area contributed by atoms with Crippen LogP contribution in [0.15, 0.2) is 47.4 Å². The minimum Gasteiger partial charge on any atom is -0.478 e. The van der Waals surface area contributed by atoms with Gasteiger partial charge in [-0.1, -0.05) is 44.7 Å². The molecule has 0 atom stereocenters. The lowest BCUT2D eigenvalue weighted by Gasteiger charge is -2.22. The molecule has 3 rings (SSSR count). The molecule has 31 heavy (non-hydrogen) atoms. The molecule has 0 spiro atoms. The first-order valence-corrected chi connectivity index (χ1v) is 12.5.